The van der Waals surface area contributed by atoms with Crippen molar-refractivity contribution in [2.24, 2.45) is 28.6 Å². The number of alkyl carbamates (subject to hydrolysis) is 1. The molecule has 3 unspecified atom stereocenters. The molecule has 2 aromatic carbocycles. The third-order valence-corrected chi connectivity index (χ3v) is 17.1. The van der Waals surface area contributed by atoms with Crippen molar-refractivity contribution < 1.29 is 87.5 Å². The summed E-state index contributed by atoms with van der Waals surface area (Å²) in [6, 6.07) is 7.75. The molecule has 7 atom stereocenters. The molecular formula is C56H67F10N9O9P+. The van der Waals surface area contributed by atoms with Gasteiger partial charge in [0.15, 0.2) is 11.9 Å². The predicted octanol–water partition coefficient (Wildman–Crippen LogP) is 8.88. The Morgan fingerprint density at radius 2 is 1.40 bits per heavy atom. The largest absolute Gasteiger partial charge is 0.505 e. The van der Waals surface area contributed by atoms with Crippen LogP contribution in [0, 0.1) is 52.1 Å². The molecule has 5 N–H and O–H groups in total. The molecule has 1 saturated carbocycles. The minimum Gasteiger partial charge on any atom is -0.469 e. The normalized spacial score (nSPS) is 18.3. The van der Waals surface area contributed by atoms with E-state index in [2.05, 4.69) is 51.6 Å². The van der Waals surface area contributed by atoms with Gasteiger partial charge in [-0.2, -0.15) is 45.1 Å². The smallest absolute Gasteiger partial charge is 0.469 e. The zero-order chi connectivity index (χ0) is 61.6. The molecule has 7 rings (SSSR count). The second-order valence-corrected chi connectivity index (χ2v) is 23.6. The van der Waals surface area contributed by atoms with E-state index in [9.17, 15) is 63.8 Å². The maximum Gasteiger partial charge on any atom is 0.505 e. The number of anilines is 1. The molecule has 2 aliphatic heterocycles. The topological polar surface area (TPSA) is 233 Å². The molecule has 1 aliphatic carbocycles. The number of hydrogen-bond donors (Lipinski definition) is 3. The Kier molecular flexibility index (Phi) is 22.0. The number of fused-ring (bicyclic) bond motifs is 2. The van der Waals surface area contributed by atoms with Crippen LogP contribution >= 0.6 is 8.03 Å². The molecule has 4 heterocycles. The van der Waals surface area contributed by atoms with E-state index in [0.29, 0.717) is 85.6 Å². The lowest BCUT2D eigenvalue weighted by Gasteiger charge is -2.48. The Balaban J connectivity index is 0.0000116. The molecule has 3 fully saturated rings. The van der Waals surface area contributed by atoms with Crippen molar-refractivity contribution in [1.29, 1.82) is 0 Å². The van der Waals surface area contributed by atoms with Gasteiger partial charge in [0.2, 0.25) is 11.9 Å². The van der Waals surface area contributed by atoms with Crippen LogP contribution in [0.4, 0.5) is 54.6 Å². The Labute approximate surface area is 484 Å². The number of hydrazine groups is 1. The van der Waals surface area contributed by atoms with E-state index in [1.165, 1.54) is 31.4 Å². The number of carbonyl (C=O) groups excluding carboxylic acids is 4. The first-order valence-electron chi connectivity index (χ1n) is 26.9. The fraction of sp³-hybridized carbons (Fsp3) is 0.554. The molecule has 2 amide bonds. The van der Waals surface area contributed by atoms with Crippen LogP contribution in [0.25, 0.3) is 11.3 Å². The molecule has 3 aliphatic rings. The SMILES string of the molecule is COC(=O)C[C@H](C(=O)NN(Cc1c(F)cc(-c2ccn(C(F)F)n2)cc1F)C[C@H](C[P+](=O)O)[C@@H](CC(=O)[C@@H](NC(=O)OC)C(C)(C)C(F)(F)F)Cc1ccc(C#Cc2cnc(N3CC4CCC(C3)N4C3CCC3)nc2)cc1)C(C)(C)C(F)(F)F.O. The summed E-state index contributed by atoms with van der Waals surface area (Å²) >= 11 is 0. The van der Waals surface area contributed by atoms with E-state index >= 15 is 8.78 Å². The van der Waals surface area contributed by atoms with Crippen LogP contribution in [0.3, 0.4) is 0 Å². The van der Waals surface area contributed by atoms with Crippen LogP contribution in [0.1, 0.15) is 101 Å². The lowest BCUT2D eigenvalue weighted by Crippen LogP contribution is -2.59. The average Bonchev–Trinajstić information content (AvgIpc) is 2.35. The minimum atomic E-state index is -5.19. The van der Waals surface area contributed by atoms with Gasteiger partial charge in [-0.15, -0.1) is 0 Å². The van der Waals surface area contributed by atoms with Crippen LogP contribution in [0.2, 0.25) is 0 Å². The van der Waals surface area contributed by atoms with Gasteiger partial charge in [0, 0.05) is 91.9 Å². The monoisotopic (exact) mass is 1230 g/mol. The predicted molar refractivity (Wildman–Crippen MR) is 288 cm³/mol. The number of rotatable bonds is 23. The Morgan fingerprint density at radius 3 is 1.91 bits per heavy atom. The second kappa shape index (κ2) is 27.7. The number of ether oxygens (including phenoxy) is 2. The molecule has 85 heavy (non-hydrogen) atoms. The first kappa shape index (κ1) is 67.3. The molecule has 18 nitrogen and oxygen atoms in total. The molecule has 464 valence electrons. The van der Waals surface area contributed by atoms with E-state index in [1.807, 2.05) is 5.32 Å². The number of nitrogens with zero attached hydrogens (tertiary/aromatic N) is 7. The standard InChI is InChI=1S/C56H64F10N9O8P.H2O/c1-53(2,55(61,62)63)42(24-47(77)82-5)49(78)71-73(30-41-43(57)21-36(22-44(41)58)45-18-19-74(70-45)50(59)60)27-37(31-84(80)81)35(23-46(76)48(69-52(79)83-6)54(3,4)56(64,65)66)20-33-13-10-32(11-14-33)12-15-34-25-67-51(68-26-34)72-28-39-16-17-40(29-72)75(39)38-8-7-9-38;/h10-11,13-14,18-19,21-22,25-26,35,37-40,42,48,50H,7-9,16-17,20,23-24,27-31H2,1-6H3,(H2-,69,71,78,79,80,81);1H2/p+1/t35-,37-,39?,40?,42-,48-;/m1./s1. The number of benzene rings is 2. The van der Waals surface area contributed by atoms with Gasteiger partial charge in [-0.25, -0.2) is 33.2 Å². The molecule has 2 bridgehead atoms. The number of piperazine rings is 1. The fourth-order valence-electron chi connectivity index (χ4n) is 10.9. The van der Waals surface area contributed by atoms with E-state index < -0.39 is 135 Å². The van der Waals surface area contributed by atoms with Crippen molar-refractivity contribution in [2.75, 3.05) is 44.9 Å². The van der Waals surface area contributed by atoms with Crippen molar-refractivity contribution in [3.05, 3.63) is 94.9 Å². The van der Waals surface area contributed by atoms with Gasteiger partial charge in [0.25, 0.3) is 0 Å². The Bertz CT molecular complexity index is 3040. The number of Topliss-reactive ketones (excluding diaryl/α,β-unsaturated/α-hetero) is 1. The van der Waals surface area contributed by atoms with Gasteiger partial charge < -0.3 is 25.2 Å². The third-order valence-electron chi connectivity index (χ3n) is 16.3. The number of nitrogens with one attached hydrogen (secondary N) is 2. The number of ketones is 1. The summed E-state index contributed by atoms with van der Waals surface area (Å²) in [4.78, 5) is 78.6. The van der Waals surface area contributed by atoms with E-state index in [4.69, 9.17) is 0 Å². The lowest BCUT2D eigenvalue weighted by atomic mass is 9.75. The van der Waals surface area contributed by atoms with Gasteiger partial charge in [-0.3, -0.25) is 24.7 Å². The fourth-order valence-corrected chi connectivity index (χ4v) is 11.7. The summed E-state index contributed by atoms with van der Waals surface area (Å²) in [6.45, 7) is -1.03. The number of methoxy groups -OCH3 is 2. The van der Waals surface area contributed by atoms with E-state index in [-0.39, 0.29) is 27.8 Å². The molecule has 0 spiro atoms. The van der Waals surface area contributed by atoms with Gasteiger partial charge in [0.05, 0.1) is 48.6 Å². The van der Waals surface area contributed by atoms with Crippen LogP contribution < -0.4 is 15.6 Å². The summed E-state index contributed by atoms with van der Waals surface area (Å²) in [5, 5.41) is 6.19. The number of halogens is 10. The highest BCUT2D eigenvalue weighted by Crippen LogP contribution is 2.46. The summed E-state index contributed by atoms with van der Waals surface area (Å²) in [6.07, 6.45) is -5.13. The molecule has 2 aromatic heterocycles. The van der Waals surface area contributed by atoms with Gasteiger partial charge in [-0.1, -0.05) is 44.2 Å². The zero-order valence-corrected chi connectivity index (χ0v) is 48.1. The summed E-state index contributed by atoms with van der Waals surface area (Å²) in [5.74, 6) is -5.60. The minimum absolute atomic E-state index is 0. The van der Waals surface area contributed by atoms with E-state index in [1.54, 1.807) is 24.5 Å². The Hall–Kier alpha value is -6.79. The molecular weight excluding hydrogens is 1160 g/mol. The highest BCUT2D eigenvalue weighted by atomic mass is 31.1. The molecule has 4 aromatic rings. The van der Waals surface area contributed by atoms with Crippen molar-refractivity contribution in [1.82, 2.24) is 40.4 Å². The number of carbonyl (C=O) groups is 4. The van der Waals surface area contributed by atoms with Crippen molar-refractivity contribution >= 4 is 37.7 Å². The van der Waals surface area contributed by atoms with Crippen LogP contribution in [-0.4, -0.2) is 140 Å². The highest BCUT2D eigenvalue weighted by Gasteiger charge is 2.57. The maximum absolute atomic E-state index is 16.3. The van der Waals surface area contributed by atoms with Crippen molar-refractivity contribution in [3.63, 3.8) is 0 Å². The van der Waals surface area contributed by atoms with Crippen molar-refractivity contribution in [3.8, 4) is 23.1 Å². The summed E-state index contributed by atoms with van der Waals surface area (Å²) in [5.41, 5.74) is -4.16. The van der Waals surface area contributed by atoms with Crippen molar-refractivity contribution in [2.45, 2.75) is 129 Å². The third kappa shape index (κ3) is 16.2. The zero-order valence-electron chi connectivity index (χ0n) is 47.2. The van der Waals surface area contributed by atoms with Gasteiger partial charge in [-0.05, 0) is 92.3 Å². The lowest BCUT2D eigenvalue weighted by molar-refractivity contribution is -0.231. The number of esters is 1. The maximum atomic E-state index is 16.3. The number of hydrogen-bond acceptors (Lipinski definition) is 13. The van der Waals surface area contributed by atoms with Crippen LogP contribution in [-0.2, 0) is 41.4 Å². The summed E-state index contributed by atoms with van der Waals surface area (Å²) in [7, 11) is -1.65. The molecule has 0 radical (unpaired) electrons. The summed E-state index contributed by atoms with van der Waals surface area (Å²) < 4.78 is 170. The van der Waals surface area contributed by atoms with E-state index in [0.717, 1.165) is 52.4 Å². The van der Waals surface area contributed by atoms with Gasteiger partial charge in [0.1, 0.15) is 17.7 Å². The quantitative estimate of drug-likeness (QED) is 0.0207. The Morgan fingerprint density at radius 1 is 0.812 bits per heavy atom. The number of amides is 2. The van der Waals surface area contributed by atoms with Gasteiger partial charge >= 0.3 is 39.0 Å². The average molecular weight is 1230 g/mol. The van der Waals surface area contributed by atoms with Crippen LogP contribution in [0.15, 0.2) is 61.1 Å². The molecule has 2 saturated heterocycles. The first-order chi connectivity index (χ1) is 39.4. The number of aromatic nitrogens is 4. The highest BCUT2D eigenvalue weighted by molar-refractivity contribution is 7.38. The number of alkyl halides is 8. The second-order valence-electron chi connectivity index (χ2n) is 22.5. The van der Waals surface area contributed by atoms with Crippen LogP contribution in [0.5, 0.6) is 0 Å². The molecule has 29 heteroatoms. The first-order valence-corrected chi connectivity index (χ1v) is 28.3.